The van der Waals surface area contributed by atoms with E-state index in [9.17, 15) is 14.7 Å². The number of aliphatic hydroxyl groups excluding tert-OH is 1. The molecule has 1 atom stereocenters. The number of carbonyl (C=O) groups excluding carboxylic acids is 2. The van der Waals surface area contributed by atoms with E-state index in [0.29, 0.717) is 17.1 Å². The molecule has 0 bridgehead atoms. The Balaban J connectivity index is 1.89. The van der Waals surface area contributed by atoms with E-state index < -0.39 is 17.7 Å². The molecule has 3 aromatic carbocycles. The first-order valence-corrected chi connectivity index (χ1v) is 12.0. The molecule has 1 saturated heterocycles. The molecule has 7 nitrogen and oxygen atoms in total. The van der Waals surface area contributed by atoms with Crippen LogP contribution in [0.15, 0.2) is 66.2 Å². The maximum Gasteiger partial charge on any atom is 0.295 e. The number of ketones is 1. The fourth-order valence-electron chi connectivity index (χ4n) is 4.82. The van der Waals surface area contributed by atoms with Crippen LogP contribution in [0.25, 0.3) is 5.76 Å². The van der Waals surface area contributed by atoms with Crippen LogP contribution in [0.1, 0.15) is 33.9 Å². The van der Waals surface area contributed by atoms with Gasteiger partial charge < -0.3 is 24.4 Å². The Morgan fingerprint density at radius 2 is 1.59 bits per heavy atom. The third kappa shape index (κ3) is 4.89. The molecule has 1 amide bonds. The molecule has 1 aliphatic rings. The number of rotatable bonds is 7. The summed E-state index contributed by atoms with van der Waals surface area (Å²) in [6.45, 7) is 3.97. The fraction of sp³-hybridized carbons (Fsp3) is 0.267. The number of amides is 1. The fourth-order valence-corrected chi connectivity index (χ4v) is 4.82. The van der Waals surface area contributed by atoms with Gasteiger partial charge >= 0.3 is 0 Å². The number of Topliss-reactive ketones (excluding diaryl/α,β-unsaturated/α-hetero) is 1. The Bertz CT molecular complexity index is 1360. The number of hydrogen-bond donors (Lipinski definition) is 1. The van der Waals surface area contributed by atoms with Gasteiger partial charge in [-0.25, -0.2) is 0 Å². The molecule has 1 aliphatic heterocycles. The van der Waals surface area contributed by atoms with Gasteiger partial charge in [0.1, 0.15) is 17.3 Å². The van der Waals surface area contributed by atoms with E-state index in [2.05, 4.69) is 0 Å². The number of aryl methyl sites for hydroxylation is 2. The van der Waals surface area contributed by atoms with Crippen LogP contribution in [0.3, 0.4) is 0 Å². The third-order valence-electron chi connectivity index (χ3n) is 6.66. The van der Waals surface area contributed by atoms with Crippen molar-refractivity contribution in [3.8, 4) is 11.5 Å². The minimum absolute atomic E-state index is 0.0411. The first kappa shape index (κ1) is 25.8. The van der Waals surface area contributed by atoms with Gasteiger partial charge in [-0.05, 0) is 66.4 Å². The maximum absolute atomic E-state index is 13.5. The molecule has 0 aromatic heterocycles. The quantitative estimate of drug-likeness (QED) is 0.279. The molecule has 37 heavy (non-hydrogen) atoms. The predicted molar refractivity (Wildman–Crippen MR) is 144 cm³/mol. The number of hydrogen-bond acceptors (Lipinski definition) is 6. The summed E-state index contributed by atoms with van der Waals surface area (Å²) in [5.41, 5.74) is 4.69. The van der Waals surface area contributed by atoms with E-state index in [4.69, 9.17) is 9.47 Å². The van der Waals surface area contributed by atoms with Gasteiger partial charge in [0.2, 0.25) is 0 Å². The van der Waals surface area contributed by atoms with Crippen molar-refractivity contribution in [2.24, 2.45) is 0 Å². The highest BCUT2D eigenvalue weighted by Crippen LogP contribution is 2.42. The average molecular weight is 501 g/mol. The topological polar surface area (TPSA) is 79.3 Å². The Kier molecular flexibility index (Phi) is 7.25. The summed E-state index contributed by atoms with van der Waals surface area (Å²) < 4.78 is 10.8. The molecule has 1 fully saturated rings. The summed E-state index contributed by atoms with van der Waals surface area (Å²) in [6, 6.07) is 17.9. The van der Waals surface area contributed by atoms with Gasteiger partial charge in [0, 0.05) is 26.3 Å². The number of nitrogens with zero attached hydrogens (tertiary/aromatic N) is 2. The smallest absolute Gasteiger partial charge is 0.295 e. The minimum atomic E-state index is -0.774. The SMILES string of the molecule is COc1ccc(CN2C(=O)C(=O)/C(=C(/O)c3cc(C)cc(C)c3OC)C2c2ccc(N(C)C)cc2)cc1. The van der Waals surface area contributed by atoms with Crippen molar-refractivity contribution in [3.05, 3.63) is 94.1 Å². The van der Waals surface area contributed by atoms with Crippen LogP contribution in [0, 0.1) is 13.8 Å². The Morgan fingerprint density at radius 3 is 2.16 bits per heavy atom. The second-order valence-corrected chi connectivity index (χ2v) is 9.42. The summed E-state index contributed by atoms with van der Waals surface area (Å²) in [5.74, 6) is -0.480. The first-order chi connectivity index (χ1) is 17.7. The monoisotopic (exact) mass is 500 g/mol. The van der Waals surface area contributed by atoms with E-state index in [1.807, 2.05) is 87.4 Å². The molecule has 0 aliphatic carbocycles. The second-order valence-electron chi connectivity index (χ2n) is 9.42. The summed E-state index contributed by atoms with van der Waals surface area (Å²) in [7, 11) is 6.99. The lowest BCUT2D eigenvalue weighted by Crippen LogP contribution is -2.29. The number of methoxy groups -OCH3 is 2. The zero-order valence-electron chi connectivity index (χ0n) is 22.0. The standard InChI is InChI=1S/C30H32N2O5/c1-18-15-19(2)29(37-6)24(16-18)27(33)25-26(21-9-11-22(12-10-21)31(3)4)32(30(35)28(25)34)17-20-7-13-23(36-5)14-8-20/h7-16,26,33H,17H2,1-6H3/b27-25+. The van der Waals surface area contributed by atoms with Crippen LogP contribution >= 0.6 is 0 Å². The molecule has 1 heterocycles. The largest absolute Gasteiger partial charge is 0.507 e. The lowest BCUT2D eigenvalue weighted by Gasteiger charge is -2.26. The molecular weight excluding hydrogens is 468 g/mol. The van der Waals surface area contributed by atoms with Crippen LogP contribution < -0.4 is 14.4 Å². The highest BCUT2D eigenvalue weighted by atomic mass is 16.5. The summed E-state index contributed by atoms with van der Waals surface area (Å²) in [6.07, 6.45) is 0. The van der Waals surface area contributed by atoms with Gasteiger partial charge in [-0.3, -0.25) is 9.59 Å². The minimum Gasteiger partial charge on any atom is -0.507 e. The summed E-state index contributed by atoms with van der Waals surface area (Å²) in [4.78, 5) is 30.3. The summed E-state index contributed by atoms with van der Waals surface area (Å²) in [5, 5.41) is 11.6. The van der Waals surface area contributed by atoms with Crippen molar-refractivity contribution in [2.75, 3.05) is 33.2 Å². The lowest BCUT2D eigenvalue weighted by atomic mass is 9.93. The van der Waals surface area contributed by atoms with E-state index in [1.54, 1.807) is 13.2 Å². The van der Waals surface area contributed by atoms with Gasteiger partial charge in [0.05, 0.1) is 31.4 Å². The Labute approximate surface area is 217 Å². The zero-order chi connectivity index (χ0) is 26.9. The van der Waals surface area contributed by atoms with Crippen LogP contribution in [0.4, 0.5) is 5.69 Å². The van der Waals surface area contributed by atoms with Gasteiger partial charge in [-0.15, -0.1) is 0 Å². The highest BCUT2D eigenvalue weighted by Gasteiger charge is 2.46. The van der Waals surface area contributed by atoms with E-state index in [1.165, 1.54) is 12.0 Å². The molecular formula is C30H32N2O5. The third-order valence-corrected chi connectivity index (χ3v) is 6.66. The highest BCUT2D eigenvalue weighted by molar-refractivity contribution is 6.46. The van der Waals surface area contributed by atoms with Crippen molar-refractivity contribution in [1.29, 1.82) is 0 Å². The molecule has 1 unspecified atom stereocenters. The van der Waals surface area contributed by atoms with Gasteiger partial charge in [-0.2, -0.15) is 0 Å². The molecule has 0 radical (unpaired) electrons. The van der Waals surface area contributed by atoms with Crippen LogP contribution in [0.5, 0.6) is 11.5 Å². The van der Waals surface area contributed by atoms with E-state index in [-0.39, 0.29) is 17.9 Å². The Hall–Kier alpha value is -4.26. The number of carbonyl (C=O) groups is 2. The van der Waals surface area contributed by atoms with Crippen molar-refractivity contribution < 1.29 is 24.2 Å². The summed E-state index contributed by atoms with van der Waals surface area (Å²) >= 11 is 0. The number of benzene rings is 3. The van der Waals surface area contributed by atoms with Gasteiger partial charge in [0.15, 0.2) is 0 Å². The van der Waals surface area contributed by atoms with E-state index >= 15 is 0 Å². The van der Waals surface area contributed by atoms with Crippen LogP contribution in [-0.2, 0) is 16.1 Å². The second kappa shape index (κ2) is 10.4. The number of likely N-dealkylation sites (tertiary alicyclic amines) is 1. The molecule has 0 spiro atoms. The first-order valence-electron chi connectivity index (χ1n) is 12.0. The predicted octanol–water partition coefficient (Wildman–Crippen LogP) is 5.01. The molecule has 192 valence electrons. The maximum atomic E-state index is 13.5. The Morgan fingerprint density at radius 1 is 0.946 bits per heavy atom. The molecule has 3 aromatic rings. The van der Waals surface area contributed by atoms with Crippen molar-refractivity contribution >= 4 is 23.1 Å². The number of aliphatic hydroxyl groups is 1. The lowest BCUT2D eigenvalue weighted by molar-refractivity contribution is -0.140. The van der Waals surface area contributed by atoms with Crippen molar-refractivity contribution in [1.82, 2.24) is 4.90 Å². The van der Waals surface area contributed by atoms with Crippen molar-refractivity contribution in [2.45, 2.75) is 26.4 Å². The average Bonchev–Trinajstić information content (AvgIpc) is 3.13. The van der Waals surface area contributed by atoms with E-state index in [0.717, 1.165) is 27.9 Å². The molecule has 0 saturated carbocycles. The molecule has 1 N–H and O–H groups in total. The number of anilines is 1. The molecule has 7 heteroatoms. The van der Waals surface area contributed by atoms with Crippen LogP contribution in [-0.4, -0.2) is 50.0 Å². The zero-order valence-corrected chi connectivity index (χ0v) is 22.0. The van der Waals surface area contributed by atoms with Crippen molar-refractivity contribution in [3.63, 3.8) is 0 Å². The normalized spacial score (nSPS) is 16.7. The number of ether oxygens (including phenoxy) is 2. The van der Waals surface area contributed by atoms with Gasteiger partial charge in [-0.1, -0.05) is 30.3 Å². The van der Waals surface area contributed by atoms with Crippen LogP contribution in [0.2, 0.25) is 0 Å². The van der Waals surface area contributed by atoms with Gasteiger partial charge in [0.25, 0.3) is 11.7 Å². The molecule has 4 rings (SSSR count).